The van der Waals surface area contributed by atoms with Crippen molar-refractivity contribution in [2.24, 2.45) is 5.92 Å². The van der Waals surface area contributed by atoms with E-state index >= 15 is 0 Å². The molecule has 0 aromatic heterocycles. The molecule has 0 spiro atoms. The van der Waals surface area contributed by atoms with Crippen molar-refractivity contribution in [3.63, 3.8) is 0 Å². The topological polar surface area (TPSA) is 29.5 Å². The number of rotatable bonds is 3. The number of hydrogen-bond acceptors (Lipinski definition) is 2. The number of aliphatic hydroxyl groups is 1. The first kappa shape index (κ1) is 7.03. The lowest BCUT2D eigenvalue weighted by atomic mass is 9.97. The first-order chi connectivity index (χ1) is 4.34. The van der Waals surface area contributed by atoms with Gasteiger partial charge in [-0.3, -0.25) is 0 Å². The molecule has 2 heteroatoms. The zero-order chi connectivity index (χ0) is 6.69. The van der Waals surface area contributed by atoms with Crippen LogP contribution in [0.25, 0.3) is 0 Å². The van der Waals surface area contributed by atoms with Gasteiger partial charge in [-0.1, -0.05) is 13.3 Å². The zero-order valence-corrected chi connectivity index (χ0v) is 5.84. The van der Waals surface area contributed by atoms with Gasteiger partial charge in [0.2, 0.25) is 0 Å². The summed E-state index contributed by atoms with van der Waals surface area (Å²) in [6.07, 6.45) is 1.88. The summed E-state index contributed by atoms with van der Waals surface area (Å²) in [5, 5.41) is 9.29. The molecule has 0 aromatic carbocycles. The molecule has 9 heavy (non-hydrogen) atoms. The maximum Gasteiger partial charge on any atom is 0.0612 e. The van der Waals surface area contributed by atoms with E-state index in [0.29, 0.717) is 5.92 Å². The van der Waals surface area contributed by atoms with Gasteiger partial charge in [-0.25, -0.2) is 0 Å². The van der Waals surface area contributed by atoms with Crippen LogP contribution < -0.4 is 0 Å². The molecule has 2 nitrogen and oxygen atoms in total. The molecule has 1 aliphatic rings. The highest BCUT2D eigenvalue weighted by Gasteiger charge is 2.25. The smallest absolute Gasteiger partial charge is 0.0612 e. The molecular weight excluding hydrogens is 116 g/mol. The van der Waals surface area contributed by atoms with E-state index in [4.69, 9.17) is 4.74 Å². The summed E-state index contributed by atoms with van der Waals surface area (Å²) in [4.78, 5) is 0. The lowest BCUT2D eigenvalue weighted by Crippen LogP contribution is -2.37. The van der Waals surface area contributed by atoms with Crippen molar-refractivity contribution in [2.75, 3.05) is 13.2 Å². The van der Waals surface area contributed by atoms with Gasteiger partial charge in [0, 0.05) is 5.92 Å². The van der Waals surface area contributed by atoms with Gasteiger partial charge in [-0.15, -0.1) is 0 Å². The van der Waals surface area contributed by atoms with Crippen LogP contribution in [-0.4, -0.2) is 24.4 Å². The Balaban J connectivity index is 2.08. The summed E-state index contributed by atoms with van der Waals surface area (Å²) in [6, 6.07) is 0. The predicted octanol–water partition coefficient (Wildman–Crippen LogP) is 0.794. The Morgan fingerprint density at radius 2 is 2.33 bits per heavy atom. The van der Waals surface area contributed by atoms with Gasteiger partial charge in [-0.2, -0.15) is 0 Å². The van der Waals surface area contributed by atoms with E-state index in [1.165, 1.54) is 0 Å². The molecule has 1 unspecified atom stereocenters. The molecule has 0 aliphatic carbocycles. The van der Waals surface area contributed by atoms with Gasteiger partial charge in [-0.05, 0) is 6.42 Å². The number of ether oxygens (including phenoxy) is 1. The minimum absolute atomic E-state index is 0.108. The third-order valence-corrected chi connectivity index (χ3v) is 1.79. The molecule has 0 aromatic rings. The van der Waals surface area contributed by atoms with E-state index in [9.17, 15) is 5.11 Å². The molecule has 1 heterocycles. The monoisotopic (exact) mass is 130 g/mol. The predicted molar refractivity (Wildman–Crippen MR) is 35.2 cm³/mol. The molecule has 1 fully saturated rings. The Morgan fingerprint density at radius 1 is 1.67 bits per heavy atom. The van der Waals surface area contributed by atoms with Gasteiger partial charge < -0.3 is 9.84 Å². The highest BCUT2D eigenvalue weighted by molar-refractivity contribution is 4.73. The van der Waals surface area contributed by atoms with Gasteiger partial charge in [0.1, 0.15) is 0 Å². The van der Waals surface area contributed by atoms with Gasteiger partial charge in [0.15, 0.2) is 0 Å². The van der Waals surface area contributed by atoms with Crippen LogP contribution >= 0.6 is 0 Å². The largest absolute Gasteiger partial charge is 0.393 e. The van der Waals surface area contributed by atoms with Crippen molar-refractivity contribution in [1.82, 2.24) is 0 Å². The van der Waals surface area contributed by atoms with Crippen molar-refractivity contribution in [3.8, 4) is 0 Å². The second kappa shape index (κ2) is 3.18. The molecule has 0 bridgehead atoms. The average molecular weight is 130 g/mol. The Labute approximate surface area is 55.8 Å². The van der Waals surface area contributed by atoms with Crippen molar-refractivity contribution < 1.29 is 9.84 Å². The number of hydrogen-bond donors (Lipinski definition) is 1. The van der Waals surface area contributed by atoms with Gasteiger partial charge in [0.25, 0.3) is 0 Å². The molecule has 1 saturated heterocycles. The van der Waals surface area contributed by atoms with E-state index in [1.807, 2.05) is 0 Å². The van der Waals surface area contributed by atoms with Crippen molar-refractivity contribution in [3.05, 3.63) is 0 Å². The van der Waals surface area contributed by atoms with Crippen LogP contribution in [0.5, 0.6) is 0 Å². The van der Waals surface area contributed by atoms with E-state index < -0.39 is 0 Å². The quantitative estimate of drug-likeness (QED) is 0.612. The molecule has 54 valence electrons. The van der Waals surface area contributed by atoms with Crippen LogP contribution in [0.1, 0.15) is 19.8 Å². The minimum Gasteiger partial charge on any atom is -0.393 e. The van der Waals surface area contributed by atoms with Gasteiger partial charge in [0.05, 0.1) is 19.3 Å². The summed E-state index contributed by atoms with van der Waals surface area (Å²) in [5.41, 5.74) is 0. The molecule has 1 rings (SSSR count). The first-order valence-corrected chi connectivity index (χ1v) is 3.60. The van der Waals surface area contributed by atoms with Crippen molar-refractivity contribution in [1.29, 1.82) is 0 Å². The molecule has 1 N–H and O–H groups in total. The summed E-state index contributed by atoms with van der Waals surface area (Å²) < 4.78 is 4.94. The molecule has 0 amide bonds. The molecule has 1 aliphatic heterocycles. The van der Waals surface area contributed by atoms with Crippen molar-refractivity contribution in [2.45, 2.75) is 25.9 Å². The summed E-state index contributed by atoms with van der Waals surface area (Å²) >= 11 is 0. The van der Waals surface area contributed by atoms with Crippen LogP contribution in [0.15, 0.2) is 0 Å². The third kappa shape index (κ3) is 1.66. The lowest BCUT2D eigenvalue weighted by molar-refractivity contribution is -0.0927. The normalized spacial score (nSPS) is 23.3. The van der Waals surface area contributed by atoms with E-state index in [-0.39, 0.29) is 6.10 Å². The highest BCUT2D eigenvalue weighted by Crippen LogP contribution is 2.17. The Hall–Kier alpha value is -0.0800. The van der Waals surface area contributed by atoms with E-state index in [1.54, 1.807) is 0 Å². The van der Waals surface area contributed by atoms with Crippen molar-refractivity contribution >= 4 is 0 Å². The minimum atomic E-state index is -0.108. The second-order valence-corrected chi connectivity index (χ2v) is 2.65. The van der Waals surface area contributed by atoms with E-state index in [2.05, 4.69) is 6.92 Å². The summed E-state index contributed by atoms with van der Waals surface area (Å²) in [7, 11) is 0. The first-order valence-electron chi connectivity index (χ1n) is 3.60. The lowest BCUT2D eigenvalue weighted by Gasteiger charge is -2.30. The fourth-order valence-corrected chi connectivity index (χ4v) is 1.01. The van der Waals surface area contributed by atoms with Crippen LogP contribution in [0.3, 0.4) is 0 Å². The standard InChI is InChI=1S/C7H14O2/c1-2-3-7(8)6-4-9-5-6/h6-8H,2-5H2,1H3. The SMILES string of the molecule is CCCC(O)C1COC1. The molecule has 0 radical (unpaired) electrons. The molecule has 0 saturated carbocycles. The molecular formula is C7H14O2. The molecule has 1 atom stereocenters. The summed E-state index contributed by atoms with van der Waals surface area (Å²) in [6.45, 7) is 3.62. The van der Waals surface area contributed by atoms with Gasteiger partial charge >= 0.3 is 0 Å². The fourth-order valence-electron chi connectivity index (χ4n) is 1.01. The van der Waals surface area contributed by atoms with Crippen LogP contribution in [0.2, 0.25) is 0 Å². The van der Waals surface area contributed by atoms with Crippen LogP contribution in [0, 0.1) is 5.92 Å². The Bertz CT molecular complexity index is 79.0. The van der Waals surface area contributed by atoms with E-state index in [0.717, 1.165) is 26.1 Å². The Kier molecular flexibility index (Phi) is 2.49. The maximum atomic E-state index is 9.29. The Morgan fingerprint density at radius 3 is 2.67 bits per heavy atom. The average Bonchev–Trinajstić information content (AvgIpc) is 1.60. The number of aliphatic hydroxyl groups excluding tert-OH is 1. The maximum absolute atomic E-state index is 9.29. The fraction of sp³-hybridized carbons (Fsp3) is 1.00. The van der Waals surface area contributed by atoms with Crippen LogP contribution in [-0.2, 0) is 4.74 Å². The zero-order valence-electron chi connectivity index (χ0n) is 5.84. The highest BCUT2D eigenvalue weighted by atomic mass is 16.5. The third-order valence-electron chi connectivity index (χ3n) is 1.79. The second-order valence-electron chi connectivity index (χ2n) is 2.65. The van der Waals surface area contributed by atoms with Crippen LogP contribution in [0.4, 0.5) is 0 Å². The summed E-state index contributed by atoms with van der Waals surface area (Å²) in [5.74, 6) is 0.435.